The Morgan fingerprint density at radius 3 is 2.70 bits per heavy atom. The number of β-amino-alcohol motifs (C(OH)–C–C–N with tert-alkyl or cyclic N) is 1. The van der Waals surface area contributed by atoms with E-state index in [4.69, 9.17) is 4.74 Å². The largest absolute Gasteiger partial charge is 0.387 e. The maximum absolute atomic E-state index is 13.1. The predicted octanol–water partition coefficient (Wildman–Crippen LogP) is 1.05. The van der Waals surface area contributed by atoms with Gasteiger partial charge in [-0.15, -0.1) is 0 Å². The molecule has 0 aromatic carbocycles. The Labute approximate surface area is 176 Å². The van der Waals surface area contributed by atoms with E-state index in [1.165, 1.54) is 18.6 Å². The number of hydrogen-bond acceptors (Lipinski definition) is 9. The SMILES string of the molecule is COCCNc1cc(NCCN(C)CC2(O)CCN(c3ccc(F)cn3)C2)ncn1. The van der Waals surface area contributed by atoms with Crippen LogP contribution in [0.5, 0.6) is 0 Å². The molecule has 0 bridgehead atoms. The summed E-state index contributed by atoms with van der Waals surface area (Å²) in [6, 6.07) is 4.89. The van der Waals surface area contributed by atoms with Gasteiger partial charge in [-0.2, -0.15) is 0 Å². The number of likely N-dealkylation sites (N-methyl/N-ethyl adjacent to an activating group) is 1. The third kappa shape index (κ3) is 6.48. The fraction of sp³-hybridized carbons (Fsp3) is 0.550. The minimum Gasteiger partial charge on any atom is -0.387 e. The molecule has 0 aliphatic carbocycles. The predicted molar refractivity (Wildman–Crippen MR) is 114 cm³/mol. The van der Waals surface area contributed by atoms with Crippen molar-refractivity contribution in [3.05, 3.63) is 36.5 Å². The topological polar surface area (TPSA) is 98.7 Å². The molecule has 10 heteroatoms. The van der Waals surface area contributed by atoms with Gasteiger partial charge in [0.1, 0.15) is 29.6 Å². The van der Waals surface area contributed by atoms with Crippen molar-refractivity contribution in [1.29, 1.82) is 0 Å². The lowest BCUT2D eigenvalue weighted by molar-refractivity contribution is 0.0310. The first kappa shape index (κ1) is 22.1. The number of ether oxygens (including phenoxy) is 1. The van der Waals surface area contributed by atoms with Crippen molar-refractivity contribution in [2.45, 2.75) is 12.0 Å². The summed E-state index contributed by atoms with van der Waals surface area (Å²) in [5.74, 6) is 1.82. The quantitative estimate of drug-likeness (QED) is 0.462. The van der Waals surface area contributed by atoms with Gasteiger partial charge in [-0.05, 0) is 25.6 Å². The summed E-state index contributed by atoms with van der Waals surface area (Å²) in [6.45, 7) is 4.43. The molecule has 0 radical (unpaired) electrons. The summed E-state index contributed by atoms with van der Waals surface area (Å²) in [4.78, 5) is 16.6. The Morgan fingerprint density at radius 1 is 1.23 bits per heavy atom. The van der Waals surface area contributed by atoms with E-state index < -0.39 is 5.60 Å². The first-order valence-corrected chi connectivity index (χ1v) is 10.0. The molecule has 1 aliphatic heterocycles. The number of nitrogens with zero attached hydrogens (tertiary/aromatic N) is 5. The molecule has 1 fully saturated rings. The van der Waals surface area contributed by atoms with E-state index in [0.717, 1.165) is 18.2 Å². The Kier molecular flexibility index (Phi) is 7.72. The fourth-order valence-electron chi connectivity index (χ4n) is 3.52. The van der Waals surface area contributed by atoms with Crippen molar-refractivity contribution in [2.24, 2.45) is 0 Å². The summed E-state index contributed by atoms with van der Waals surface area (Å²) >= 11 is 0. The van der Waals surface area contributed by atoms with E-state index in [-0.39, 0.29) is 5.82 Å². The Balaban J connectivity index is 1.42. The minimum atomic E-state index is -0.821. The molecule has 0 amide bonds. The molecule has 1 atom stereocenters. The van der Waals surface area contributed by atoms with E-state index in [2.05, 4.69) is 30.5 Å². The number of anilines is 3. The van der Waals surface area contributed by atoms with E-state index in [9.17, 15) is 9.50 Å². The summed E-state index contributed by atoms with van der Waals surface area (Å²) in [7, 11) is 3.64. The highest BCUT2D eigenvalue weighted by molar-refractivity contribution is 5.46. The third-order valence-corrected chi connectivity index (χ3v) is 5.01. The molecule has 3 heterocycles. The highest BCUT2D eigenvalue weighted by Crippen LogP contribution is 2.26. The highest BCUT2D eigenvalue weighted by atomic mass is 19.1. The van der Waals surface area contributed by atoms with Gasteiger partial charge in [0.15, 0.2) is 0 Å². The Hall–Kier alpha value is -2.56. The number of methoxy groups -OCH3 is 1. The van der Waals surface area contributed by atoms with Gasteiger partial charge >= 0.3 is 0 Å². The van der Waals surface area contributed by atoms with Gasteiger partial charge in [0.05, 0.1) is 18.4 Å². The smallest absolute Gasteiger partial charge is 0.141 e. The monoisotopic (exact) mass is 419 g/mol. The summed E-state index contributed by atoms with van der Waals surface area (Å²) in [5, 5.41) is 17.4. The second-order valence-corrected chi connectivity index (χ2v) is 7.60. The molecule has 164 valence electrons. The minimum absolute atomic E-state index is 0.359. The van der Waals surface area contributed by atoms with Gasteiger partial charge in [-0.1, -0.05) is 0 Å². The maximum atomic E-state index is 13.1. The second kappa shape index (κ2) is 10.5. The second-order valence-electron chi connectivity index (χ2n) is 7.60. The van der Waals surface area contributed by atoms with E-state index in [0.29, 0.717) is 51.6 Å². The van der Waals surface area contributed by atoms with Crippen LogP contribution in [0.3, 0.4) is 0 Å². The lowest BCUT2D eigenvalue weighted by Crippen LogP contribution is -2.45. The van der Waals surface area contributed by atoms with Crippen LogP contribution in [-0.2, 0) is 4.74 Å². The number of nitrogens with one attached hydrogen (secondary N) is 2. The van der Waals surface area contributed by atoms with E-state index in [1.807, 2.05) is 18.0 Å². The maximum Gasteiger partial charge on any atom is 0.141 e. The number of aliphatic hydroxyl groups is 1. The standard InChI is InChI=1S/C20H30FN7O2/c1-27(9-6-22-17-11-18(26-15-25-17)23-7-10-30-2)13-20(29)5-8-28(14-20)19-4-3-16(21)12-24-19/h3-4,11-12,15,29H,5-10,13-14H2,1-2H3,(H2,22,23,25,26). The van der Waals surface area contributed by atoms with Crippen LogP contribution >= 0.6 is 0 Å². The van der Waals surface area contributed by atoms with Crippen molar-refractivity contribution in [2.75, 3.05) is 75.6 Å². The van der Waals surface area contributed by atoms with Gasteiger partial charge in [0.2, 0.25) is 0 Å². The summed E-state index contributed by atoms with van der Waals surface area (Å²) in [6.07, 6.45) is 3.36. The number of rotatable bonds is 11. The zero-order chi connectivity index (χ0) is 21.4. The zero-order valence-electron chi connectivity index (χ0n) is 17.5. The molecule has 0 saturated carbocycles. The third-order valence-electron chi connectivity index (χ3n) is 5.01. The van der Waals surface area contributed by atoms with Crippen LogP contribution in [0.1, 0.15) is 6.42 Å². The van der Waals surface area contributed by atoms with Gasteiger partial charge in [0, 0.05) is 52.4 Å². The lowest BCUT2D eigenvalue weighted by Gasteiger charge is -2.29. The van der Waals surface area contributed by atoms with Crippen LogP contribution in [0.25, 0.3) is 0 Å². The Bertz CT molecular complexity index is 795. The molecule has 3 rings (SSSR count). The summed E-state index contributed by atoms with van der Waals surface area (Å²) < 4.78 is 18.1. The van der Waals surface area contributed by atoms with Crippen molar-refractivity contribution < 1.29 is 14.2 Å². The van der Waals surface area contributed by atoms with Crippen LogP contribution < -0.4 is 15.5 Å². The molecule has 1 unspecified atom stereocenters. The molecular formula is C20H30FN7O2. The molecule has 1 aliphatic rings. The molecule has 9 nitrogen and oxygen atoms in total. The van der Waals surface area contributed by atoms with Gasteiger partial charge in [0.25, 0.3) is 0 Å². The average molecular weight is 420 g/mol. The van der Waals surface area contributed by atoms with E-state index in [1.54, 1.807) is 13.2 Å². The van der Waals surface area contributed by atoms with Gasteiger partial charge in [-0.25, -0.2) is 19.3 Å². The molecule has 0 spiro atoms. The number of aromatic nitrogens is 3. The molecule has 1 saturated heterocycles. The number of pyridine rings is 1. The van der Waals surface area contributed by atoms with Crippen molar-refractivity contribution in [3.63, 3.8) is 0 Å². The average Bonchev–Trinajstić information content (AvgIpc) is 3.10. The first-order valence-electron chi connectivity index (χ1n) is 10.0. The van der Waals surface area contributed by atoms with Crippen molar-refractivity contribution >= 4 is 17.5 Å². The molecular weight excluding hydrogens is 389 g/mol. The number of halogens is 1. The molecule has 30 heavy (non-hydrogen) atoms. The van der Waals surface area contributed by atoms with Crippen LogP contribution in [0.2, 0.25) is 0 Å². The Morgan fingerprint density at radius 2 is 2.00 bits per heavy atom. The fourth-order valence-corrected chi connectivity index (χ4v) is 3.52. The molecule has 2 aromatic rings. The molecule has 2 aromatic heterocycles. The van der Waals surface area contributed by atoms with Gasteiger partial charge in [-0.3, -0.25) is 0 Å². The molecule has 3 N–H and O–H groups in total. The van der Waals surface area contributed by atoms with Crippen LogP contribution in [0.15, 0.2) is 30.7 Å². The lowest BCUT2D eigenvalue weighted by atomic mass is 10.0. The van der Waals surface area contributed by atoms with Crippen LogP contribution in [0.4, 0.5) is 21.8 Å². The highest BCUT2D eigenvalue weighted by Gasteiger charge is 2.37. The number of hydrogen-bond donors (Lipinski definition) is 3. The first-order chi connectivity index (χ1) is 14.5. The van der Waals surface area contributed by atoms with Crippen molar-refractivity contribution in [3.8, 4) is 0 Å². The zero-order valence-corrected chi connectivity index (χ0v) is 17.5. The normalized spacial score (nSPS) is 18.8. The van der Waals surface area contributed by atoms with Crippen molar-refractivity contribution in [1.82, 2.24) is 19.9 Å². The van der Waals surface area contributed by atoms with E-state index >= 15 is 0 Å². The van der Waals surface area contributed by atoms with Crippen LogP contribution in [-0.4, -0.2) is 90.6 Å². The van der Waals surface area contributed by atoms with Crippen LogP contribution in [0, 0.1) is 5.82 Å². The summed E-state index contributed by atoms with van der Waals surface area (Å²) in [5.41, 5.74) is -0.821. The van der Waals surface area contributed by atoms with Gasteiger partial charge < -0.3 is 30.3 Å².